The fourth-order valence-electron chi connectivity index (χ4n) is 0.845. The molecule has 0 amide bonds. The van der Waals surface area contributed by atoms with Gasteiger partial charge in [-0.15, -0.1) is 0 Å². The Morgan fingerprint density at radius 2 is 1.92 bits per heavy atom. The van der Waals surface area contributed by atoms with Gasteiger partial charge in [-0.1, -0.05) is 15.9 Å². The van der Waals surface area contributed by atoms with Gasteiger partial charge in [0.2, 0.25) is 0 Å². The summed E-state index contributed by atoms with van der Waals surface area (Å²) in [5.74, 6) is -3.47. The summed E-state index contributed by atoms with van der Waals surface area (Å²) in [5.41, 5.74) is -0.205. The molecule has 66 valence electrons. The van der Waals surface area contributed by atoms with Gasteiger partial charge in [-0.2, -0.15) is 0 Å². The molecule has 0 aliphatic carbocycles. The van der Waals surface area contributed by atoms with Crippen molar-refractivity contribution >= 4 is 15.9 Å². The van der Waals surface area contributed by atoms with E-state index in [0.717, 1.165) is 25.1 Å². The van der Waals surface area contributed by atoms with E-state index in [4.69, 9.17) is 0 Å². The van der Waals surface area contributed by atoms with E-state index in [9.17, 15) is 13.2 Å². The minimum atomic E-state index is -2.94. The molecule has 0 N–H and O–H groups in total. The molecule has 0 atom stereocenters. The van der Waals surface area contributed by atoms with Gasteiger partial charge in [0.15, 0.2) is 0 Å². The van der Waals surface area contributed by atoms with Crippen LogP contribution >= 0.6 is 15.9 Å². The van der Waals surface area contributed by atoms with Crippen molar-refractivity contribution in [3.05, 3.63) is 34.1 Å². The normalized spacial score (nSPS) is 11.8. The summed E-state index contributed by atoms with van der Waals surface area (Å²) in [7, 11) is 0. The van der Waals surface area contributed by atoms with Crippen molar-refractivity contribution in [2.45, 2.75) is 12.8 Å². The highest BCUT2D eigenvalue weighted by atomic mass is 79.9. The number of hydrogen-bond donors (Lipinski definition) is 0. The Labute approximate surface area is 76.5 Å². The van der Waals surface area contributed by atoms with Crippen LogP contribution in [0.3, 0.4) is 0 Å². The predicted molar refractivity (Wildman–Crippen MR) is 43.7 cm³/mol. The summed E-state index contributed by atoms with van der Waals surface area (Å²) in [6.07, 6.45) is 0. The van der Waals surface area contributed by atoms with Crippen LogP contribution in [0, 0.1) is 5.82 Å². The average molecular weight is 239 g/mol. The van der Waals surface area contributed by atoms with Gasteiger partial charge in [0.1, 0.15) is 5.82 Å². The van der Waals surface area contributed by atoms with Gasteiger partial charge in [0.05, 0.1) is 0 Å². The van der Waals surface area contributed by atoms with E-state index in [1.165, 1.54) is 0 Å². The van der Waals surface area contributed by atoms with Gasteiger partial charge in [-0.25, -0.2) is 13.2 Å². The number of rotatable bonds is 1. The third kappa shape index (κ3) is 2.00. The molecule has 0 nitrogen and oxygen atoms in total. The molecule has 0 bridgehead atoms. The predicted octanol–water partition coefficient (Wildman–Crippen LogP) is 3.70. The van der Waals surface area contributed by atoms with Crippen LogP contribution in [0.15, 0.2) is 22.7 Å². The molecule has 4 heteroatoms. The van der Waals surface area contributed by atoms with Crippen LogP contribution in [0.25, 0.3) is 0 Å². The van der Waals surface area contributed by atoms with E-state index in [1.54, 1.807) is 0 Å². The highest BCUT2D eigenvalue weighted by Gasteiger charge is 2.26. The van der Waals surface area contributed by atoms with Gasteiger partial charge in [0, 0.05) is 17.0 Å². The monoisotopic (exact) mass is 238 g/mol. The Morgan fingerprint density at radius 3 is 2.33 bits per heavy atom. The molecule has 0 aliphatic heterocycles. The Bertz CT molecular complexity index is 291. The fourth-order valence-corrected chi connectivity index (χ4v) is 1.54. The Kier molecular flexibility index (Phi) is 2.46. The quantitative estimate of drug-likeness (QED) is 0.700. The van der Waals surface area contributed by atoms with Crippen molar-refractivity contribution in [3.8, 4) is 0 Å². The van der Waals surface area contributed by atoms with Crippen LogP contribution in [0.2, 0.25) is 0 Å². The standard InChI is InChI=1S/C8H6BrF3/c1-8(11,12)6-3-2-5(10)4-7(6)9/h2-4H,1H3. The van der Waals surface area contributed by atoms with E-state index < -0.39 is 11.7 Å². The summed E-state index contributed by atoms with van der Waals surface area (Å²) >= 11 is 2.86. The number of benzene rings is 1. The lowest BCUT2D eigenvalue weighted by molar-refractivity contribution is 0.0166. The lowest BCUT2D eigenvalue weighted by atomic mass is 10.1. The molecule has 0 spiro atoms. The lowest BCUT2D eigenvalue weighted by Crippen LogP contribution is -2.07. The first-order chi connectivity index (χ1) is 5.41. The molecule has 12 heavy (non-hydrogen) atoms. The molecule has 0 aromatic heterocycles. The first-order valence-corrected chi connectivity index (χ1v) is 4.04. The molecule has 1 rings (SSSR count). The van der Waals surface area contributed by atoms with Gasteiger partial charge >= 0.3 is 0 Å². The zero-order valence-electron chi connectivity index (χ0n) is 6.24. The topological polar surface area (TPSA) is 0 Å². The Balaban J connectivity index is 3.19. The average Bonchev–Trinajstić information content (AvgIpc) is 1.83. The third-order valence-corrected chi connectivity index (χ3v) is 2.06. The summed E-state index contributed by atoms with van der Waals surface area (Å²) in [4.78, 5) is 0. The molecule has 0 unspecified atom stereocenters. The van der Waals surface area contributed by atoms with Crippen LogP contribution in [0.4, 0.5) is 13.2 Å². The van der Waals surface area contributed by atoms with E-state index in [1.807, 2.05) is 0 Å². The van der Waals surface area contributed by atoms with Crippen molar-refractivity contribution in [1.29, 1.82) is 0 Å². The second kappa shape index (κ2) is 3.09. The van der Waals surface area contributed by atoms with Gasteiger partial charge in [-0.05, 0) is 18.2 Å². The first-order valence-electron chi connectivity index (χ1n) is 3.24. The van der Waals surface area contributed by atoms with E-state index in [-0.39, 0.29) is 10.0 Å². The van der Waals surface area contributed by atoms with Gasteiger partial charge < -0.3 is 0 Å². The van der Waals surface area contributed by atoms with E-state index >= 15 is 0 Å². The summed E-state index contributed by atoms with van der Waals surface area (Å²) in [5, 5.41) is 0. The SMILES string of the molecule is CC(F)(F)c1ccc(F)cc1Br. The zero-order valence-corrected chi connectivity index (χ0v) is 7.83. The Morgan fingerprint density at radius 1 is 1.33 bits per heavy atom. The highest BCUT2D eigenvalue weighted by molar-refractivity contribution is 9.10. The highest BCUT2D eigenvalue weighted by Crippen LogP contribution is 2.32. The van der Waals surface area contributed by atoms with Crippen molar-refractivity contribution in [2.24, 2.45) is 0 Å². The molecule has 0 radical (unpaired) electrons. The molecule has 1 aromatic rings. The first kappa shape index (κ1) is 9.58. The van der Waals surface area contributed by atoms with Crippen LogP contribution < -0.4 is 0 Å². The van der Waals surface area contributed by atoms with Crippen molar-refractivity contribution in [2.75, 3.05) is 0 Å². The molecule has 0 saturated carbocycles. The molecular weight excluding hydrogens is 233 g/mol. The van der Waals surface area contributed by atoms with E-state index in [0.29, 0.717) is 0 Å². The number of halogens is 4. The second-order valence-corrected chi connectivity index (χ2v) is 3.37. The van der Waals surface area contributed by atoms with Gasteiger partial charge in [-0.3, -0.25) is 0 Å². The van der Waals surface area contributed by atoms with Gasteiger partial charge in [0.25, 0.3) is 5.92 Å². The van der Waals surface area contributed by atoms with Crippen LogP contribution in [-0.2, 0) is 5.92 Å². The fraction of sp³-hybridized carbons (Fsp3) is 0.250. The maximum absolute atomic E-state index is 12.7. The Hall–Kier alpha value is -0.510. The lowest BCUT2D eigenvalue weighted by Gasteiger charge is -2.11. The summed E-state index contributed by atoms with van der Waals surface area (Å²) in [6.45, 7) is 0.769. The van der Waals surface area contributed by atoms with Crippen LogP contribution in [-0.4, -0.2) is 0 Å². The molecular formula is C8H6BrF3. The number of alkyl halides is 2. The third-order valence-electron chi connectivity index (χ3n) is 1.40. The minimum absolute atomic E-state index is 0.0926. The van der Waals surface area contributed by atoms with Crippen molar-refractivity contribution in [1.82, 2.24) is 0 Å². The molecule has 0 fully saturated rings. The summed E-state index contributed by atoms with van der Waals surface area (Å²) in [6, 6.07) is 3.10. The van der Waals surface area contributed by atoms with E-state index in [2.05, 4.69) is 15.9 Å². The zero-order chi connectivity index (χ0) is 9.35. The molecule has 0 saturated heterocycles. The smallest absolute Gasteiger partial charge is 0.207 e. The summed E-state index contributed by atoms with van der Waals surface area (Å²) < 4.78 is 37.9. The largest absolute Gasteiger partial charge is 0.271 e. The van der Waals surface area contributed by atoms with Crippen LogP contribution in [0.1, 0.15) is 12.5 Å². The minimum Gasteiger partial charge on any atom is -0.207 e. The maximum Gasteiger partial charge on any atom is 0.271 e. The maximum atomic E-state index is 12.7. The van der Waals surface area contributed by atoms with Crippen molar-refractivity contribution < 1.29 is 13.2 Å². The molecule has 0 aliphatic rings. The van der Waals surface area contributed by atoms with Crippen LogP contribution in [0.5, 0.6) is 0 Å². The van der Waals surface area contributed by atoms with Crippen molar-refractivity contribution in [3.63, 3.8) is 0 Å². The molecule has 1 aromatic carbocycles. The molecule has 0 heterocycles. The number of hydrogen-bond acceptors (Lipinski definition) is 0. The second-order valence-electron chi connectivity index (χ2n) is 2.51.